The molecule has 174 valence electrons. The molecule has 5 rings (SSSR count). The van der Waals surface area contributed by atoms with Crippen LogP contribution in [0.5, 0.6) is 0 Å². The minimum Gasteiger partial charge on any atom is -0.339 e. The normalized spacial score (nSPS) is 19.2. The van der Waals surface area contributed by atoms with Crippen molar-refractivity contribution in [1.29, 1.82) is 0 Å². The molecule has 1 amide bonds. The molecule has 1 N–H and O–H groups in total. The Morgan fingerprint density at radius 1 is 1.24 bits per heavy atom. The Bertz CT molecular complexity index is 1280. The van der Waals surface area contributed by atoms with Crippen molar-refractivity contribution < 1.29 is 17.7 Å². The number of carbonyl (C=O) groups is 1. The minimum atomic E-state index is -3.71. The number of nitrogens with zero attached hydrogens (tertiary/aromatic N) is 3. The number of piperidine rings is 1. The van der Waals surface area contributed by atoms with Gasteiger partial charge in [0, 0.05) is 36.6 Å². The maximum atomic E-state index is 13.3. The van der Waals surface area contributed by atoms with Crippen LogP contribution < -0.4 is 5.32 Å². The quantitative estimate of drug-likeness (QED) is 0.584. The minimum absolute atomic E-state index is 0.108. The average Bonchev–Trinajstić information content (AvgIpc) is 3.49. The Morgan fingerprint density at radius 2 is 2.09 bits per heavy atom. The molecular formula is C23H26N4O4S2. The first kappa shape index (κ1) is 22.2. The number of fused-ring (bicyclic) bond motifs is 1. The summed E-state index contributed by atoms with van der Waals surface area (Å²) in [5.74, 6) is 0.299. The summed E-state index contributed by atoms with van der Waals surface area (Å²) in [5, 5.41) is 8.67. The van der Waals surface area contributed by atoms with Crippen LogP contribution in [0.1, 0.15) is 42.7 Å². The number of sulfonamides is 1. The van der Waals surface area contributed by atoms with Gasteiger partial charge in [-0.25, -0.2) is 8.42 Å². The molecule has 0 bridgehead atoms. The first-order valence-corrected chi connectivity index (χ1v) is 13.5. The predicted molar refractivity (Wildman–Crippen MR) is 126 cm³/mol. The van der Waals surface area contributed by atoms with Gasteiger partial charge in [0.1, 0.15) is 4.21 Å². The molecule has 1 atom stereocenters. The predicted octanol–water partition coefficient (Wildman–Crippen LogP) is 4.02. The second-order valence-electron chi connectivity index (χ2n) is 8.63. The van der Waals surface area contributed by atoms with E-state index < -0.39 is 10.0 Å². The number of aryl methyl sites for hydroxylation is 2. The zero-order valence-corrected chi connectivity index (χ0v) is 20.0. The van der Waals surface area contributed by atoms with Gasteiger partial charge in [0.25, 0.3) is 10.0 Å². The Kier molecular flexibility index (Phi) is 6.07. The number of anilines is 1. The van der Waals surface area contributed by atoms with Crippen molar-refractivity contribution in [3.63, 3.8) is 0 Å². The smallest absolute Gasteiger partial charge is 0.252 e. The fourth-order valence-electron chi connectivity index (χ4n) is 4.62. The second kappa shape index (κ2) is 9.00. The van der Waals surface area contributed by atoms with Crippen LogP contribution in [0.4, 0.5) is 5.69 Å². The van der Waals surface area contributed by atoms with E-state index in [0.29, 0.717) is 36.7 Å². The Hall–Kier alpha value is -2.56. The van der Waals surface area contributed by atoms with E-state index in [1.54, 1.807) is 18.4 Å². The third kappa shape index (κ3) is 4.47. The molecule has 0 saturated carbocycles. The molecule has 0 radical (unpaired) electrons. The number of thiophene rings is 1. The molecule has 1 saturated heterocycles. The van der Waals surface area contributed by atoms with E-state index in [9.17, 15) is 13.2 Å². The summed E-state index contributed by atoms with van der Waals surface area (Å²) in [6.45, 7) is 2.27. The van der Waals surface area contributed by atoms with E-state index in [2.05, 4.69) is 21.5 Å². The highest BCUT2D eigenvalue weighted by Crippen LogP contribution is 2.32. The number of carbonyl (C=O) groups excluding carboxylic acids is 1. The molecule has 1 fully saturated rings. The molecule has 1 aliphatic carbocycles. The van der Waals surface area contributed by atoms with Crippen molar-refractivity contribution >= 4 is 33.0 Å². The summed E-state index contributed by atoms with van der Waals surface area (Å²) in [6.07, 6.45) is 5.63. The maximum absolute atomic E-state index is 13.3. The molecule has 8 nitrogen and oxygen atoms in total. The lowest BCUT2D eigenvalue weighted by molar-refractivity contribution is -0.120. The molecule has 33 heavy (non-hydrogen) atoms. The Balaban J connectivity index is 1.30. The molecule has 1 aliphatic heterocycles. The van der Waals surface area contributed by atoms with Crippen LogP contribution in [-0.2, 0) is 27.7 Å². The molecule has 1 aromatic carbocycles. The molecule has 3 aromatic rings. The van der Waals surface area contributed by atoms with Crippen molar-refractivity contribution in [3.8, 4) is 11.4 Å². The first-order chi connectivity index (χ1) is 15.9. The van der Waals surface area contributed by atoms with Gasteiger partial charge in [-0.05, 0) is 61.8 Å². The molecular weight excluding hydrogens is 460 g/mol. The molecule has 0 unspecified atom stereocenters. The van der Waals surface area contributed by atoms with Crippen LogP contribution in [0.15, 0.2) is 38.4 Å². The SMILES string of the molecule is Cc1nc(-c2csc(S(=O)(=O)N3CCC[C@H](C(=O)Nc4cccc5c4CCCC5)C3)c2)no1. The van der Waals surface area contributed by atoms with Crippen molar-refractivity contribution in [1.82, 2.24) is 14.4 Å². The average molecular weight is 487 g/mol. The number of hydrogen-bond donors (Lipinski definition) is 1. The number of amides is 1. The number of aromatic nitrogens is 2. The van der Waals surface area contributed by atoms with Gasteiger partial charge in [-0.1, -0.05) is 17.3 Å². The van der Waals surface area contributed by atoms with Gasteiger partial charge in [0.2, 0.25) is 17.6 Å². The highest BCUT2D eigenvalue weighted by atomic mass is 32.2. The molecule has 2 aliphatic rings. The lowest BCUT2D eigenvalue weighted by atomic mass is 9.90. The summed E-state index contributed by atoms with van der Waals surface area (Å²) in [5.41, 5.74) is 4.00. The van der Waals surface area contributed by atoms with Crippen LogP contribution in [-0.4, -0.2) is 41.9 Å². The number of nitrogens with one attached hydrogen (secondary N) is 1. The molecule has 0 spiro atoms. The van der Waals surface area contributed by atoms with Gasteiger partial charge < -0.3 is 9.84 Å². The van der Waals surface area contributed by atoms with Gasteiger partial charge in [0.15, 0.2) is 0 Å². The van der Waals surface area contributed by atoms with Gasteiger partial charge in [-0.3, -0.25) is 4.79 Å². The third-order valence-electron chi connectivity index (χ3n) is 6.36. The van der Waals surface area contributed by atoms with Crippen molar-refractivity contribution in [3.05, 3.63) is 46.7 Å². The molecule has 3 heterocycles. The molecule has 10 heteroatoms. The van der Waals surface area contributed by atoms with E-state index in [4.69, 9.17) is 4.52 Å². The highest BCUT2D eigenvalue weighted by Gasteiger charge is 2.34. The van der Waals surface area contributed by atoms with Crippen LogP contribution in [0.2, 0.25) is 0 Å². The zero-order valence-electron chi connectivity index (χ0n) is 18.4. The van der Waals surface area contributed by atoms with Gasteiger partial charge in [0.05, 0.1) is 5.92 Å². The fraction of sp³-hybridized carbons (Fsp3) is 0.435. The fourth-order valence-corrected chi connectivity index (χ4v) is 7.46. The monoisotopic (exact) mass is 486 g/mol. The summed E-state index contributed by atoms with van der Waals surface area (Å²) in [7, 11) is -3.71. The van der Waals surface area contributed by atoms with E-state index in [0.717, 1.165) is 36.3 Å². The van der Waals surface area contributed by atoms with E-state index in [1.807, 2.05) is 12.1 Å². The van der Waals surface area contributed by atoms with Crippen LogP contribution in [0, 0.1) is 12.8 Å². The van der Waals surface area contributed by atoms with Crippen LogP contribution in [0.25, 0.3) is 11.4 Å². The summed E-state index contributed by atoms with van der Waals surface area (Å²) in [4.78, 5) is 17.3. The van der Waals surface area contributed by atoms with Crippen molar-refractivity contribution in [2.24, 2.45) is 5.92 Å². The number of rotatable bonds is 5. The van der Waals surface area contributed by atoms with Gasteiger partial charge in [-0.15, -0.1) is 11.3 Å². The topological polar surface area (TPSA) is 105 Å². The largest absolute Gasteiger partial charge is 0.339 e. The Morgan fingerprint density at radius 3 is 2.91 bits per heavy atom. The van der Waals surface area contributed by atoms with E-state index >= 15 is 0 Å². The first-order valence-electron chi connectivity index (χ1n) is 11.2. The lowest BCUT2D eigenvalue weighted by Gasteiger charge is -2.31. The second-order valence-corrected chi connectivity index (χ2v) is 11.7. The van der Waals surface area contributed by atoms with Crippen LogP contribution >= 0.6 is 11.3 Å². The summed E-state index contributed by atoms with van der Waals surface area (Å²) in [6, 6.07) is 7.64. The molecule has 2 aromatic heterocycles. The highest BCUT2D eigenvalue weighted by molar-refractivity contribution is 7.91. The van der Waals surface area contributed by atoms with Crippen LogP contribution in [0.3, 0.4) is 0 Å². The van der Waals surface area contributed by atoms with Gasteiger partial charge >= 0.3 is 0 Å². The zero-order chi connectivity index (χ0) is 23.0. The standard InChI is InChI=1S/C23H26N4O4S2/c1-15-24-22(26-31-15)18-12-21(32-14-18)33(29,30)27-11-5-8-17(13-27)23(28)25-20-10-4-7-16-6-2-3-9-19(16)20/h4,7,10,12,14,17H,2-3,5-6,8-9,11,13H2,1H3,(H,25,28)/t17-/m0/s1. The van der Waals surface area contributed by atoms with Crippen molar-refractivity contribution in [2.45, 2.75) is 49.7 Å². The van der Waals surface area contributed by atoms with Crippen molar-refractivity contribution in [2.75, 3.05) is 18.4 Å². The maximum Gasteiger partial charge on any atom is 0.252 e. The number of benzene rings is 1. The van der Waals surface area contributed by atoms with E-state index in [1.165, 1.54) is 21.9 Å². The number of hydrogen-bond acceptors (Lipinski definition) is 7. The summed E-state index contributed by atoms with van der Waals surface area (Å²) >= 11 is 1.13. The van der Waals surface area contributed by atoms with E-state index in [-0.39, 0.29) is 22.6 Å². The summed E-state index contributed by atoms with van der Waals surface area (Å²) < 4.78 is 33.2. The Labute approximate surface area is 197 Å². The lowest BCUT2D eigenvalue weighted by Crippen LogP contribution is -2.43. The van der Waals surface area contributed by atoms with Gasteiger partial charge in [-0.2, -0.15) is 9.29 Å². The third-order valence-corrected chi connectivity index (χ3v) is 9.64.